The summed E-state index contributed by atoms with van der Waals surface area (Å²) in [5, 5.41) is 0.582. The van der Waals surface area contributed by atoms with Crippen LogP contribution in [0.25, 0.3) is 5.03 Å². The molecule has 5 heteroatoms. The summed E-state index contributed by atoms with van der Waals surface area (Å²) in [5.41, 5.74) is 1.77. The maximum atomic E-state index is 12.5. The molecule has 0 bridgehead atoms. The summed E-state index contributed by atoms with van der Waals surface area (Å²) in [6.45, 7) is 2.04. The Bertz CT molecular complexity index is 782. The Labute approximate surface area is 150 Å². The fraction of sp³-hybridized carbons (Fsp3) is 0.158. The Kier molecular flexibility index (Phi) is 5.07. The first-order valence-corrected chi connectivity index (χ1v) is 8.88. The Morgan fingerprint density at radius 1 is 0.958 bits per heavy atom. The number of fused-ring (bicyclic) bond motifs is 1. The van der Waals surface area contributed by atoms with Gasteiger partial charge in [0.2, 0.25) is 0 Å². The molecule has 1 aliphatic heterocycles. The van der Waals surface area contributed by atoms with Crippen LogP contribution in [0.15, 0.2) is 59.5 Å². The molecule has 2 aromatic carbocycles. The minimum absolute atomic E-state index is 0.285. The highest BCUT2D eigenvalue weighted by Crippen LogP contribution is 2.39. The molecule has 0 N–H and O–H groups in total. The lowest BCUT2D eigenvalue weighted by Crippen LogP contribution is -2.22. The Hall–Kier alpha value is -2.04. The fourth-order valence-electron chi connectivity index (χ4n) is 2.53. The molecule has 0 aromatic heterocycles. The quantitative estimate of drug-likeness (QED) is 0.535. The molecule has 0 saturated heterocycles. The Balaban J connectivity index is 1.93. The molecule has 1 heterocycles. The lowest BCUT2D eigenvalue weighted by atomic mass is 10.1. The second kappa shape index (κ2) is 7.24. The SMILES string of the molecule is CCC/C(SN1C(=O)c2ccccc2C1=O)=C(\Cl)c1ccccc1. The molecule has 3 rings (SSSR count). The molecule has 122 valence electrons. The molecular weight excluding hydrogens is 342 g/mol. The summed E-state index contributed by atoms with van der Waals surface area (Å²) in [6, 6.07) is 16.5. The first kappa shape index (κ1) is 16.8. The molecule has 2 aromatic rings. The van der Waals surface area contributed by atoms with E-state index in [1.807, 2.05) is 37.3 Å². The van der Waals surface area contributed by atoms with E-state index in [4.69, 9.17) is 11.6 Å². The zero-order valence-corrected chi connectivity index (χ0v) is 14.7. The number of amides is 2. The van der Waals surface area contributed by atoms with Gasteiger partial charge in [-0.25, -0.2) is 4.31 Å². The first-order valence-electron chi connectivity index (χ1n) is 7.73. The third kappa shape index (κ3) is 3.12. The molecule has 0 atom stereocenters. The van der Waals surface area contributed by atoms with Crippen molar-refractivity contribution in [3.63, 3.8) is 0 Å². The van der Waals surface area contributed by atoms with Crippen LogP contribution in [0.5, 0.6) is 0 Å². The number of benzene rings is 2. The number of rotatable bonds is 5. The lowest BCUT2D eigenvalue weighted by molar-refractivity contribution is 0.0777. The standard InChI is InChI=1S/C19H16ClNO2S/c1-2-8-16(17(20)13-9-4-3-5-10-13)24-21-18(22)14-11-6-7-12-15(14)19(21)23/h3-7,9-12H,2,8H2,1H3/b17-16+. The lowest BCUT2D eigenvalue weighted by Gasteiger charge is -2.16. The third-order valence-electron chi connectivity index (χ3n) is 3.71. The van der Waals surface area contributed by atoms with Gasteiger partial charge in [-0.1, -0.05) is 67.4 Å². The van der Waals surface area contributed by atoms with Crippen LogP contribution in [0, 0.1) is 0 Å². The van der Waals surface area contributed by atoms with Crippen LogP contribution in [-0.2, 0) is 0 Å². The van der Waals surface area contributed by atoms with E-state index >= 15 is 0 Å². The second-order valence-corrected chi connectivity index (χ2v) is 6.81. The number of imide groups is 1. The van der Waals surface area contributed by atoms with E-state index in [9.17, 15) is 9.59 Å². The van der Waals surface area contributed by atoms with E-state index in [2.05, 4.69) is 0 Å². The minimum Gasteiger partial charge on any atom is -0.268 e. The third-order valence-corrected chi connectivity index (χ3v) is 5.41. The molecule has 0 fully saturated rings. The monoisotopic (exact) mass is 357 g/mol. The molecule has 2 amide bonds. The summed E-state index contributed by atoms with van der Waals surface area (Å²) in [5.74, 6) is -0.571. The Morgan fingerprint density at radius 3 is 2.04 bits per heavy atom. The van der Waals surface area contributed by atoms with Crippen molar-refractivity contribution < 1.29 is 9.59 Å². The summed E-state index contributed by atoms with van der Waals surface area (Å²) < 4.78 is 1.21. The van der Waals surface area contributed by atoms with Crippen molar-refractivity contribution in [1.82, 2.24) is 4.31 Å². The van der Waals surface area contributed by atoms with Gasteiger partial charge in [0.25, 0.3) is 11.8 Å². The zero-order valence-electron chi connectivity index (χ0n) is 13.2. The number of carbonyl (C=O) groups is 2. The van der Waals surface area contributed by atoms with Crippen LogP contribution in [0.4, 0.5) is 0 Å². The zero-order chi connectivity index (χ0) is 17.1. The second-order valence-electron chi connectivity index (χ2n) is 5.39. The maximum absolute atomic E-state index is 12.5. The van der Waals surface area contributed by atoms with E-state index in [0.29, 0.717) is 22.6 Å². The van der Waals surface area contributed by atoms with Crippen LogP contribution < -0.4 is 0 Å². The average Bonchev–Trinajstić information content (AvgIpc) is 2.86. The van der Waals surface area contributed by atoms with Gasteiger partial charge in [-0.3, -0.25) is 9.59 Å². The van der Waals surface area contributed by atoms with Gasteiger partial charge in [-0.2, -0.15) is 0 Å². The van der Waals surface area contributed by atoms with Crippen molar-refractivity contribution in [3.8, 4) is 0 Å². The highest BCUT2D eigenvalue weighted by molar-refractivity contribution is 8.02. The van der Waals surface area contributed by atoms with Crippen molar-refractivity contribution in [2.45, 2.75) is 19.8 Å². The van der Waals surface area contributed by atoms with Crippen LogP contribution in [0.2, 0.25) is 0 Å². The van der Waals surface area contributed by atoms with Gasteiger partial charge in [0.15, 0.2) is 0 Å². The first-order chi connectivity index (χ1) is 11.6. The molecule has 0 spiro atoms. The predicted octanol–water partition coefficient (Wildman–Crippen LogP) is 5.34. The number of nitrogens with zero attached hydrogens (tertiary/aromatic N) is 1. The van der Waals surface area contributed by atoms with Crippen molar-refractivity contribution in [2.75, 3.05) is 0 Å². The summed E-state index contributed by atoms with van der Waals surface area (Å²) in [6.07, 6.45) is 1.57. The van der Waals surface area contributed by atoms with Gasteiger partial charge < -0.3 is 0 Å². The molecule has 0 radical (unpaired) electrons. The number of carbonyl (C=O) groups excluding carboxylic acids is 2. The van der Waals surface area contributed by atoms with Crippen molar-refractivity contribution in [1.29, 1.82) is 0 Å². The maximum Gasteiger partial charge on any atom is 0.272 e. The van der Waals surface area contributed by atoms with E-state index in [1.54, 1.807) is 24.3 Å². The van der Waals surface area contributed by atoms with Crippen molar-refractivity contribution in [3.05, 3.63) is 76.2 Å². The molecule has 3 nitrogen and oxygen atoms in total. The fourth-order valence-corrected chi connectivity index (χ4v) is 3.93. The van der Waals surface area contributed by atoms with Crippen LogP contribution >= 0.6 is 23.5 Å². The normalized spacial score (nSPS) is 14.7. The molecule has 24 heavy (non-hydrogen) atoms. The predicted molar refractivity (Wildman–Crippen MR) is 98.7 cm³/mol. The minimum atomic E-state index is -0.285. The molecule has 0 aliphatic carbocycles. The highest BCUT2D eigenvalue weighted by Gasteiger charge is 2.36. The molecule has 0 unspecified atom stereocenters. The van der Waals surface area contributed by atoms with Crippen molar-refractivity contribution >= 4 is 40.4 Å². The molecule has 0 saturated carbocycles. The van der Waals surface area contributed by atoms with Gasteiger partial charge in [0.05, 0.1) is 16.2 Å². The van der Waals surface area contributed by atoms with Crippen LogP contribution in [-0.4, -0.2) is 16.1 Å². The van der Waals surface area contributed by atoms with Gasteiger partial charge in [-0.05, 0) is 36.1 Å². The highest BCUT2D eigenvalue weighted by atomic mass is 35.5. The van der Waals surface area contributed by atoms with Gasteiger partial charge in [-0.15, -0.1) is 0 Å². The largest absolute Gasteiger partial charge is 0.272 e. The number of halogens is 1. The number of hydrogen-bond acceptors (Lipinski definition) is 3. The summed E-state index contributed by atoms with van der Waals surface area (Å²) in [7, 11) is 0. The van der Waals surface area contributed by atoms with Crippen LogP contribution in [0.3, 0.4) is 0 Å². The number of allylic oxidation sites excluding steroid dienone is 1. The van der Waals surface area contributed by atoms with Crippen LogP contribution in [0.1, 0.15) is 46.0 Å². The summed E-state index contributed by atoms with van der Waals surface area (Å²) in [4.78, 5) is 25.9. The average molecular weight is 358 g/mol. The van der Waals surface area contributed by atoms with Gasteiger partial charge in [0, 0.05) is 4.91 Å². The van der Waals surface area contributed by atoms with E-state index in [0.717, 1.165) is 28.8 Å². The molecule has 1 aliphatic rings. The Morgan fingerprint density at radius 2 is 1.50 bits per heavy atom. The molecular formula is C19H16ClNO2S. The topological polar surface area (TPSA) is 37.4 Å². The van der Waals surface area contributed by atoms with Gasteiger partial charge >= 0.3 is 0 Å². The number of hydrogen-bond donors (Lipinski definition) is 0. The van der Waals surface area contributed by atoms with Gasteiger partial charge in [0.1, 0.15) is 0 Å². The van der Waals surface area contributed by atoms with E-state index in [-0.39, 0.29) is 11.8 Å². The summed E-state index contributed by atoms with van der Waals surface area (Å²) >= 11 is 7.68. The van der Waals surface area contributed by atoms with E-state index in [1.165, 1.54) is 4.31 Å². The smallest absolute Gasteiger partial charge is 0.268 e. The van der Waals surface area contributed by atoms with E-state index < -0.39 is 0 Å². The van der Waals surface area contributed by atoms with Crippen molar-refractivity contribution in [2.24, 2.45) is 0 Å².